The minimum Gasteiger partial charge on any atom is -0.393 e. The zero-order valence-corrected chi connectivity index (χ0v) is 16.8. The predicted molar refractivity (Wildman–Crippen MR) is 111 cm³/mol. The molecule has 2 aromatic rings. The van der Waals surface area contributed by atoms with Gasteiger partial charge in [0, 0.05) is 21.5 Å². The number of hydrogen-bond donors (Lipinski definition) is 3. The van der Waals surface area contributed by atoms with Crippen molar-refractivity contribution in [3.8, 4) is 0 Å². The van der Waals surface area contributed by atoms with Crippen molar-refractivity contribution in [1.82, 2.24) is 5.32 Å². The minimum absolute atomic E-state index is 0.0318. The van der Waals surface area contributed by atoms with E-state index in [2.05, 4.69) is 42.7 Å². The van der Waals surface area contributed by atoms with Crippen LogP contribution in [0, 0.1) is 13.8 Å². The number of carbonyl (C=O) groups is 1. The summed E-state index contributed by atoms with van der Waals surface area (Å²) in [5.41, 5.74) is 3.41. The molecule has 1 aliphatic rings. The van der Waals surface area contributed by atoms with Crippen LogP contribution < -0.4 is 10.6 Å². The average Bonchev–Trinajstić information content (AvgIpc) is 2.66. The van der Waals surface area contributed by atoms with E-state index in [1.807, 2.05) is 24.3 Å². The molecule has 0 atom stereocenters. The molecular weight excluding hydrogens is 356 g/mol. The Balaban J connectivity index is 1.46. The number of carbonyl (C=O) groups excluding carboxylic acids is 1. The third kappa shape index (κ3) is 6.09. The van der Waals surface area contributed by atoms with Gasteiger partial charge in [0.15, 0.2) is 0 Å². The first-order valence-electron chi connectivity index (χ1n) is 9.56. The number of rotatable bonds is 6. The summed E-state index contributed by atoms with van der Waals surface area (Å²) >= 11 is 1.72. The summed E-state index contributed by atoms with van der Waals surface area (Å²) in [7, 11) is 0. The van der Waals surface area contributed by atoms with E-state index < -0.39 is 0 Å². The van der Waals surface area contributed by atoms with Gasteiger partial charge in [0.1, 0.15) is 0 Å². The summed E-state index contributed by atoms with van der Waals surface area (Å²) in [4.78, 5) is 14.5. The van der Waals surface area contributed by atoms with E-state index in [-0.39, 0.29) is 12.0 Å². The number of nitrogens with one attached hydrogen (secondary N) is 2. The Labute approximate surface area is 165 Å². The molecule has 3 N–H and O–H groups in total. The number of aryl methyl sites for hydroxylation is 2. The third-order valence-electron chi connectivity index (χ3n) is 5.10. The number of amides is 1. The van der Waals surface area contributed by atoms with Gasteiger partial charge in [-0.1, -0.05) is 17.8 Å². The summed E-state index contributed by atoms with van der Waals surface area (Å²) in [6, 6.07) is 14.8. The second-order valence-corrected chi connectivity index (χ2v) is 8.45. The smallest absolute Gasteiger partial charge is 0.238 e. The van der Waals surface area contributed by atoms with Crippen LogP contribution in [-0.4, -0.2) is 29.7 Å². The quantitative estimate of drug-likeness (QED) is 0.695. The zero-order chi connectivity index (χ0) is 19.2. The Hall–Kier alpha value is -1.82. The molecule has 2 aromatic carbocycles. The highest BCUT2D eigenvalue weighted by molar-refractivity contribution is 7.99. The topological polar surface area (TPSA) is 61.4 Å². The molecule has 0 unspecified atom stereocenters. The lowest BCUT2D eigenvalue weighted by molar-refractivity contribution is -0.115. The molecule has 0 aliphatic heterocycles. The van der Waals surface area contributed by atoms with Crippen molar-refractivity contribution in [2.75, 3.05) is 11.9 Å². The average molecular weight is 385 g/mol. The summed E-state index contributed by atoms with van der Waals surface area (Å²) in [5, 5.41) is 15.8. The van der Waals surface area contributed by atoms with E-state index in [0.29, 0.717) is 12.6 Å². The Morgan fingerprint density at radius 1 is 1.00 bits per heavy atom. The van der Waals surface area contributed by atoms with Gasteiger partial charge in [-0.15, -0.1) is 0 Å². The fourth-order valence-electron chi connectivity index (χ4n) is 3.24. The number of benzene rings is 2. The lowest BCUT2D eigenvalue weighted by Gasteiger charge is -2.26. The molecule has 3 rings (SSSR count). The van der Waals surface area contributed by atoms with Gasteiger partial charge in [-0.05, 0) is 87.1 Å². The number of anilines is 1. The molecule has 0 spiro atoms. The Morgan fingerprint density at radius 2 is 1.67 bits per heavy atom. The van der Waals surface area contributed by atoms with Crippen LogP contribution in [0.1, 0.15) is 36.8 Å². The van der Waals surface area contributed by atoms with Gasteiger partial charge in [0.05, 0.1) is 12.6 Å². The SMILES string of the molecule is Cc1ccc(Sc2ccc(NC(=O)CNC3CCC(O)CC3)cc2)cc1C. The molecule has 1 aliphatic carbocycles. The summed E-state index contributed by atoms with van der Waals surface area (Å²) < 4.78 is 0. The van der Waals surface area contributed by atoms with E-state index in [0.717, 1.165) is 36.3 Å². The van der Waals surface area contributed by atoms with Gasteiger partial charge in [0.2, 0.25) is 5.91 Å². The maximum atomic E-state index is 12.1. The maximum absolute atomic E-state index is 12.1. The Morgan fingerprint density at radius 3 is 2.33 bits per heavy atom. The third-order valence-corrected chi connectivity index (χ3v) is 6.10. The van der Waals surface area contributed by atoms with Crippen molar-refractivity contribution < 1.29 is 9.90 Å². The molecule has 5 heteroatoms. The number of aliphatic hydroxyl groups is 1. The highest BCUT2D eigenvalue weighted by Crippen LogP contribution is 2.29. The van der Waals surface area contributed by atoms with Crippen molar-refractivity contribution >= 4 is 23.4 Å². The van der Waals surface area contributed by atoms with E-state index in [1.165, 1.54) is 16.0 Å². The molecule has 1 amide bonds. The summed E-state index contributed by atoms with van der Waals surface area (Å²) in [6.45, 7) is 4.55. The van der Waals surface area contributed by atoms with Gasteiger partial charge >= 0.3 is 0 Å². The molecule has 1 saturated carbocycles. The number of aliphatic hydroxyl groups excluding tert-OH is 1. The van der Waals surface area contributed by atoms with Gasteiger partial charge < -0.3 is 15.7 Å². The summed E-state index contributed by atoms with van der Waals surface area (Å²) in [5.74, 6) is -0.0318. The van der Waals surface area contributed by atoms with Gasteiger partial charge in [0.25, 0.3) is 0 Å². The molecule has 27 heavy (non-hydrogen) atoms. The van der Waals surface area contributed by atoms with Crippen molar-refractivity contribution in [3.05, 3.63) is 53.6 Å². The number of hydrogen-bond acceptors (Lipinski definition) is 4. The molecule has 1 fully saturated rings. The lowest BCUT2D eigenvalue weighted by Crippen LogP contribution is -2.39. The first-order valence-corrected chi connectivity index (χ1v) is 10.4. The second kappa shape index (κ2) is 9.40. The molecule has 0 saturated heterocycles. The normalized spacial score (nSPS) is 19.7. The Kier molecular flexibility index (Phi) is 6.94. The van der Waals surface area contributed by atoms with Crippen LogP contribution in [0.3, 0.4) is 0 Å². The fraction of sp³-hybridized carbons (Fsp3) is 0.409. The highest BCUT2D eigenvalue weighted by Gasteiger charge is 2.19. The molecule has 0 radical (unpaired) electrons. The largest absolute Gasteiger partial charge is 0.393 e. The van der Waals surface area contributed by atoms with Crippen molar-refractivity contribution in [2.24, 2.45) is 0 Å². The highest BCUT2D eigenvalue weighted by atomic mass is 32.2. The van der Waals surface area contributed by atoms with Crippen LogP contribution >= 0.6 is 11.8 Å². The van der Waals surface area contributed by atoms with Crippen LogP contribution in [0.4, 0.5) is 5.69 Å². The van der Waals surface area contributed by atoms with Crippen molar-refractivity contribution in [3.63, 3.8) is 0 Å². The van der Waals surface area contributed by atoms with Crippen LogP contribution in [0.25, 0.3) is 0 Å². The fourth-order valence-corrected chi connectivity index (χ4v) is 4.16. The monoisotopic (exact) mass is 384 g/mol. The maximum Gasteiger partial charge on any atom is 0.238 e. The van der Waals surface area contributed by atoms with E-state index in [1.54, 1.807) is 11.8 Å². The standard InChI is InChI=1S/C22H28N2O2S/c1-15-3-10-21(13-16(15)2)27-20-11-6-18(7-12-20)24-22(26)14-23-17-4-8-19(25)9-5-17/h3,6-7,10-13,17,19,23,25H,4-5,8-9,14H2,1-2H3,(H,24,26). The molecule has 0 bridgehead atoms. The second-order valence-electron chi connectivity index (χ2n) is 7.31. The minimum atomic E-state index is -0.169. The molecule has 0 aromatic heterocycles. The van der Waals surface area contributed by atoms with E-state index in [4.69, 9.17) is 0 Å². The predicted octanol–water partition coefficient (Wildman–Crippen LogP) is 4.29. The van der Waals surface area contributed by atoms with Crippen molar-refractivity contribution in [1.29, 1.82) is 0 Å². The van der Waals surface area contributed by atoms with Gasteiger partial charge in [-0.2, -0.15) is 0 Å². The van der Waals surface area contributed by atoms with Gasteiger partial charge in [-0.25, -0.2) is 0 Å². The van der Waals surface area contributed by atoms with E-state index >= 15 is 0 Å². The molecule has 144 valence electrons. The molecule has 4 nitrogen and oxygen atoms in total. The summed E-state index contributed by atoms with van der Waals surface area (Å²) in [6.07, 6.45) is 3.33. The van der Waals surface area contributed by atoms with Crippen LogP contribution in [0.5, 0.6) is 0 Å². The molecular formula is C22H28N2O2S. The lowest BCUT2D eigenvalue weighted by atomic mass is 9.93. The van der Waals surface area contributed by atoms with Crippen molar-refractivity contribution in [2.45, 2.75) is 61.5 Å². The van der Waals surface area contributed by atoms with Crippen LogP contribution in [0.15, 0.2) is 52.3 Å². The zero-order valence-electron chi connectivity index (χ0n) is 16.0. The first-order chi connectivity index (χ1) is 13.0. The van der Waals surface area contributed by atoms with Crippen LogP contribution in [0.2, 0.25) is 0 Å². The van der Waals surface area contributed by atoms with E-state index in [9.17, 15) is 9.90 Å². The van der Waals surface area contributed by atoms with Gasteiger partial charge in [-0.3, -0.25) is 4.79 Å². The first kappa shape index (κ1) is 19.9. The van der Waals surface area contributed by atoms with Crippen LogP contribution in [-0.2, 0) is 4.79 Å². The Bertz CT molecular complexity index is 768. The molecule has 0 heterocycles.